The zero-order chi connectivity index (χ0) is 27.8. The molecule has 0 aliphatic carbocycles. The van der Waals surface area contributed by atoms with E-state index in [0.717, 1.165) is 48.6 Å². The lowest BCUT2D eigenvalue weighted by atomic mass is 9.97. The number of carbonyl (C=O) groups is 1. The Morgan fingerprint density at radius 3 is 2.75 bits per heavy atom. The number of benzene rings is 3. The number of aromatic nitrogens is 5. The van der Waals surface area contributed by atoms with Gasteiger partial charge in [-0.05, 0) is 70.6 Å². The minimum Gasteiger partial charge on any atom is -0.396 e. The Morgan fingerprint density at radius 1 is 1.12 bits per heavy atom. The number of nitrogen functional groups attached to an aromatic ring is 1. The monoisotopic (exact) mass is 605 g/mol. The number of rotatable bonds is 6. The second-order valence-corrected chi connectivity index (χ2v) is 10.9. The van der Waals surface area contributed by atoms with Crippen LogP contribution in [0.3, 0.4) is 0 Å². The van der Waals surface area contributed by atoms with Gasteiger partial charge in [0.2, 0.25) is 0 Å². The number of fused-ring (bicyclic) bond motifs is 1. The maximum absolute atomic E-state index is 14.2. The van der Waals surface area contributed by atoms with Gasteiger partial charge in [0.15, 0.2) is 5.82 Å². The fourth-order valence-corrected chi connectivity index (χ4v) is 5.60. The summed E-state index contributed by atoms with van der Waals surface area (Å²) in [6.45, 7) is 2.64. The topological polar surface area (TPSA) is 94.9 Å². The lowest BCUT2D eigenvalue weighted by molar-refractivity contribution is 0.0663. The number of anilines is 1. The molecule has 1 saturated heterocycles. The SMILES string of the molecule is Nc1c(-c2cn(Cc3ccc(C(=O)N4CCCC(Cn5cnc6ccccc65)C4)cc3)nn2)cc(F)c(Br)c1F. The van der Waals surface area contributed by atoms with Crippen LogP contribution >= 0.6 is 15.9 Å². The van der Waals surface area contributed by atoms with Gasteiger partial charge in [-0.15, -0.1) is 5.10 Å². The second kappa shape index (κ2) is 10.8. The van der Waals surface area contributed by atoms with Crippen molar-refractivity contribution in [1.82, 2.24) is 29.4 Å². The molecule has 2 aromatic heterocycles. The van der Waals surface area contributed by atoms with Crippen molar-refractivity contribution in [2.24, 2.45) is 5.92 Å². The first-order chi connectivity index (χ1) is 19.4. The molecule has 6 rings (SSSR count). The quantitative estimate of drug-likeness (QED) is 0.203. The second-order valence-electron chi connectivity index (χ2n) is 10.1. The summed E-state index contributed by atoms with van der Waals surface area (Å²) < 4.78 is 31.6. The summed E-state index contributed by atoms with van der Waals surface area (Å²) in [6.07, 6.45) is 5.49. The van der Waals surface area contributed by atoms with Gasteiger partial charge in [0.1, 0.15) is 11.5 Å². The molecular formula is C29H26BrF2N7O. The van der Waals surface area contributed by atoms with E-state index in [2.05, 4.69) is 41.9 Å². The van der Waals surface area contributed by atoms with E-state index in [-0.39, 0.29) is 27.3 Å². The van der Waals surface area contributed by atoms with Gasteiger partial charge < -0.3 is 15.2 Å². The molecule has 3 aromatic carbocycles. The average Bonchev–Trinajstić information content (AvgIpc) is 3.61. The highest BCUT2D eigenvalue weighted by atomic mass is 79.9. The van der Waals surface area contributed by atoms with Crippen LogP contribution in [0.15, 0.2) is 71.6 Å². The number of carbonyl (C=O) groups excluding carboxylic acids is 1. The highest BCUT2D eigenvalue weighted by molar-refractivity contribution is 9.10. The zero-order valence-corrected chi connectivity index (χ0v) is 23.1. The number of para-hydroxylation sites is 2. The van der Waals surface area contributed by atoms with E-state index in [1.54, 1.807) is 10.9 Å². The van der Waals surface area contributed by atoms with E-state index in [9.17, 15) is 13.6 Å². The van der Waals surface area contributed by atoms with Crippen molar-refractivity contribution in [1.29, 1.82) is 0 Å². The van der Waals surface area contributed by atoms with Crippen molar-refractivity contribution in [2.75, 3.05) is 18.8 Å². The van der Waals surface area contributed by atoms with Crippen LogP contribution in [0.5, 0.6) is 0 Å². The number of likely N-dealkylation sites (tertiary alicyclic amines) is 1. The molecule has 1 unspecified atom stereocenters. The Morgan fingerprint density at radius 2 is 1.93 bits per heavy atom. The summed E-state index contributed by atoms with van der Waals surface area (Å²) in [6, 6.07) is 16.6. The third-order valence-electron chi connectivity index (χ3n) is 7.35. The van der Waals surface area contributed by atoms with Crippen LogP contribution in [-0.2, 0) is 13.1 Å². The van der Waals surface area contributed by atoms with Crippen LogP contribution in [0, 0.1) is 17.6 Å². The van der Waals surface area contributed by atoms with Gasteiger partial charge in [-0.25, -0.2) is 18.4 Å². The third kappa shape index (κ3) is 5.08. The van der Waals surface area contributed by atoms with Gasteiger partial charge in [-0.1, -0.05) is 29.5 Å². The van der Waals surface area contributed by atoms with Crippen LogP contribution in [0.1, 0.15) is 28.8 Å². The van der Waals surface area contributed by atoms with Crippen molar-refractivity contribution < 1.29 is 13.6 Å². The Balaban J connectivity index is 1.10. The van der Waals surface area contributed by atoms with Crippen molar-refractivity contribution in [3.63, 3.8) is 0 Å². The fraction of sp³-hybridized carbons (Fsp3) is 0.241. The van der Waals surface area contributed by atoms with E-state index < -0.39 is 11.6 Å². The third-order valence-corrected chi connectivity index (χ3v) is 8.08. The molecule has 3 heterocycles. The smallest absolute Gasteiger partial charge is 0.253 e. The predicted octanol–water partition coefficient (Wildman–Crippen LogP) is 5.52. The summed E-state index contributed by atoms with van der Waals surface area (Å²) in [4.78, 5) is 19.7. The van der Waals surface area contributed by atoms with E-state index in [4.69, 9.17) is 5.73 Å². The number of imidazole rings is 1. The van der Waals surface area contributed by atoms with Crippen LogP contribution in [0.25, 0.3) is 22.3 Å². The maximum Gasteiger partial charge on any atom is 0.253 e. The van der Waals surface area contributed by atoms with Crippen LogP contribution in [0.2, 0.25) is 0 Å². The molecule has 1 fully saturated rings. The first-order valence-electron chi connectivity index (χ1n) is 13.0. The number of hydrogen-bond donors (Lipinski definition) is 1. The first-order valence-corrected chi connectivity index (χ1v) is 13.8. The predicted molar refractivity (Wildman–Crippen MR) is 151 cm³/mol. The van der Waals surface area contributed by atoms with E-state index in [1.165, 1.54) is 0 Å². The molecule has 40 heavy (non-hydrogen) atoms. The highest BCUT2D eigenvalue weighted by Crippen LogP contribution is 2.33. The summed E-state index contributed by atoms with van der Waals surface area (Å²) >= 11 is 2.85. The molecule has 204 valence electrons. The zero-order valence-electron chi connectivity index (χ0n) is 21.5. The summed E-state index contributed by atoms with van der Waals surface area (Å²) in [5.74, 6) is -1.27. The van der Waals surface area contributed by atoms with Gasteiger partial charge in [-0.2, -0.15) is 0 Å². The molecule has 5 aromatic rings. The minimum atomic E-state index is -0.875. The van der Waals surface area contributed by atoms with Gasteiger partial charge >= 0.3 is 0 Å². The number of piperidine rings is 1. The Bertz CT molecular complexity index is 1700. The molecule has 0 bridgehead atoms. The first kappa shape index (κ1) is 26.1. The van der Waals surface area contributed by atoms with Crippen molar-refractivity contribution in [2.45, 2.75) is 25.9 Å². The summed E-state index contributed by atoms with van der Waals surface area (Å²) in [7, 11) is 0. The Hall–Kier alpha value is -4.12. The summed E-state index contributed by atoms with van der Waals surface area (Å²) in [5, 5.41) is 8.10. The molecule has 11 heteroatoms. The lowest BCUT2D eigenvalue weighted by Crippen LogP contribution is -2.41. The number of nitrogens with zero attached hydrogens (tertiary/aromatic N) is 6. The number of halogens is 3. The van der Waals surface area contributed by atoms with E-state index in [0.29, 0.717) is 24.6 Å². The van der Waals surface area contributed by atoms with E-state index >= 15 is 0 Å². The Kier molecular flexibility index (Phi) is 7.05. The van der Waals surface area contributed by atoms with E-state index in [1.807, 2.05) is 53.7 Å². The molecule has 1 amide bonds. The lowest BCUT2D eigenvalue weighted by Gasteiger charge is -2.33. The minimum absolute atomic E-state index is 0.0181. The molecule has 0 spiro atoms. The number of hydrogen-bond acceptors (Lipinski definition) is 5. The fourth-order valence-electron chi connectivity index (χ4n) is 5.28. The number of amides is 1. The van der Waals surface area contributed by atoms with Crippen molar-refractivity contribution in [3.05, 3.63) is 94.4 Å². The van der Waals surface area contributed by atoms with Crippen LogP contribution in [-0.4, -0.2) is 48.4 Å². The van der Waals surface area contributed by atoms with Gasteiger partial charge in [0, 0.05) is 30.8 Å². The summed E-state index contributed by atoms with van der Waals surface area (Å²) in [5.41, 5.74) is 9.64. The average molecular weight is 606 g/mol. The van der Waals surface area contributed by atoms with Gasteiger partial charge in [0.05, 0.1) is 40.3 Å². The maximum atomic E-state index is 14.2. The van der Waals surface area contributed by atoms with Crippen molar-refractivity contribution >= 4 is 38.6 Å². The van der Waals surface area contributed by atoms with Crippen LogP contribution < -0.4 is 5.73 Å². The normalized spacial score (nSPS) is 15.6. The van der Waals surface area contributed by atoms with Gasteiger partial charge in [0.25, 0.3) is 5.91 Å². The molecule has 1 aliphatic rings. The standard InChI is InChI=1S/C29H26BrF2N7O/c30-26-22(31)12-21(28(33)27(26)32)24-16-39(36-35-24)15-18-7-9-20(10-8-18)29(40)37-11-3-4-19(13-37)14-38-17-34-23-5-1-2-6-25(23)38/h1-2,5-10,12,16-17,19H,3-4,11,13-15,33H2. The molecule has 2 N–H and O–H groups in total. The molecule has 0 radical (unpaired) electrons. The largest absolute Gasteiger partial charge is 0.396 e. The highest BCUT2D eigenvalue weighted by Gasteiger charge is 2.25. The van der Waals surface area contributed by atoms with Gasteiger partial charge in [-0.3, -0.25) is 4.79 Å². The number of nitrogens with two attached hydrogens (primary N) is 1. The molecule has 0 saturated carbocycles. The molecule has 8 nitrogen and oxygen atoms in total. The van der Waals surface area contributed by atoms with Crippen LogP contribution in [0.4, 0.5) is 14.5 Å². The molecular weight excluding hydrogens is 580 g/mol. The van der Waals surface area contributed by atoms with Crippen molar-refractivity contribution in [3.8, 4) is 11.3 Å². The molecule has 1 atom stereocenters. The molecule has 1 aliphatic heterocycles. The Labute approximate surface area is 237 Å².